The molecule has 0 aliphatic heterocycles. The smallest absolute Gasteiger partial charge is 0.0292 e. The average Bonchev–Trinajstić information content (AvgIpc) is 2.84. The molecule has 0 nitrogen and oxygen atoms in total. The molecule has 0 saturated heterocycles. The predicted molar refractivity (Wildman–Crippen MR) is 181 cm³/mol. The molecule has 0 N–H and O–H groups in total. The van der Waals surface area contributed by atoms with Crippen LogP contribution in [0.5, 0.6) is 0 Å². The molecule has 38 heavy (non-hydrogen) atoms. The van der Waals surface area contributed by atoms with Crippen LogP contribution in [0.15, 0.2) is 0 Å². The van der Waals surface area contributed by atoms with Crippen LogP contribution in [-0.2, 0) is 0 Å². The van der Waals surface area contributed by atoms with E-state index >= 15 is 0 Å². The third-order valence-corrected chi connectivity index (χ3v) is 10.00. The van der Waals surface area contributed by atoms with Crippen molar-refractivity contribution in [3.05, 3.63) is 0 Å². The van der Waals surface area contributed by atoms with Crippen molar-refractivity contribution in [1.29, 1.82) is 0 Å². The lowest BCUT2D eigenvalue weighted by atomic mass is 9.49. The third-order valence-electron chi connectivity index (χ3n) is 10.00. The standard InChI is InChI=1S/C19H36.C14H30.2C2H6.CH4/c1-5-8-17(9-6-2)15(3)12-16(4)18-13-19(14-18)10-7-11-19;1-6-13(7-2)9-10-14(8-3)11-12(4)5;2*1-2;/h15-18H,5-14H2,1-4H3;12-14H,6-11H2,1-5H3;2*1-2H3;1H4. The summed E-state index contributed by atoms with van der Waals surface area (Å²) in [6.07, 6.45) is 23.4. The minimum Gasteiger partial charge on any atom is -0.0776 e. The van der Waals surface area contributed by atoms with Crippen LogP contribution >= 0.6 is 0 Å². The van der Waals surface area contributed by atoms with Gasteiger partial charge in [-0.15, -0.1) is 0 Å². The van der Waals surface area contributed by atoms with Crippen molar-refractivity contribution in [2.45, 2.75) is 200 Å². The Labute approximate surface area is 246 Å². The van der Waals surface area contributed by atoms with E-state index in [0.717, 1.165) is 46.8 Å². The highest BCUT2D eigenvalue weighted by atomic mass is 14.5. The summed E-state index contributed by atoms with van der Waals surface area (Å²) in [5.41, 5.74) is 0.869. The molecule has 2 rings (SSSR count). The van der Waals surface area contributed by atoms with E-state index in [1.807, 2.05) is 27.7 Å². The summed E-state index contributed by atoms with van der Waals surface area (Å²) < 4.78 is 0. The van der Waals surface area contributed by atoms with Crippen LogP contribution < -0.4 is 0 Å². The van der Waals surface area contributed by atoms with Gasteiger partial charge in [0.25, 0.3) is 0 Å². The molecule has 2 aliphatic rings. The maximum Gasteiger partial charge on any atom is -0.0292 e. The van der Waals surface area contributed by atoms with Crippen LogP contribution in [0.25, 0.3) is 0 Å². The quantitative estimate of drug-likeness (QED) is 0.183. The van der Waals surface area contributed by atoms with Gasteiger partial charge in [-0.3, -0.25) is 0 Å². The molecule has 2 aliphatic carbocycles. The van der Waals surface area contributed by atoms with E-state index < -0.39 is 0 Å². The van der Waals surface area contributed by atoms with E-state index in [1.54, 1.807) is 25.7 Å². The second kappa shape index (κ2) is 25.9. The molecule has 0 aromatic carbocycles. The summed E-state index contributed by atoms with van der Waals surface area (Å²) in [6.45, 7) is 29.5. The minimum absolute atomic E-state index is 0. The van der Waals surface area contributed by atoms with Gasteiger partial charge >= 0.3 is 0 Å². The third kappa shape index (κ3) is 17.0. The predicted octanol–water partition coefficient (Wildman–Crippen LogP) is 14.4. The molecule has 0 heterocycles. The molecule has 2 saturated carbocycles. The highest BCUT2D eigenvalue weighted by Crippen LogP contribution is 2.61. The van der Waals surface area contributed by atoms with Crippen LogP contribution in [0.4, 0.5) is 0 Å². The van der Waals surface area contributed by atoms with Crippen molar-refractivity contribution in [1.82, 2.24) is 0 Å². The highest BCUT2D eigenvalue weighted by Gasteiger charge is 2.49. The molecule has 3 atom stereocenters. The zero-order valence-electron chi connectivity index (χ0n) is 28.9. The van der Waals surface area contributed by atoms with Gasteiger partial charge in [0, 0.05) is 0 Å². The first kappa shape index (κ1) is 42.5. The largest absolute Gasteiger partial charge is 0.0776 e. The van der Waals surface area contributed by atoms with Gasteiger partial charge in [0.2, 0.25) is 0 Å². The van der Waals surface area contributed by atoms with E-state index in [-0.39, 0.29) is 7.43 Å². The Bertz CT molecular complexity index is 441. The van der Waals surface area contributed by atoms with Crippen LogP contribution in [-0.4, -0.2) is 0 Å². The van der Waals surface area contributed by atoms with Crippen molar-refractivity contribution < 1.29 is 0 Å². The van der Waals surface area contributed by atoms with Gasteiger partial charge in [0.1, 0.15) is 0 Å². The molecule has 0 amide bonds. The molecule has 234 valence electrons. The van der Waals surface area contributed by atoms with Gasteiger partial charge in [-0.25, -0.2) is 0 Å². The fraction of sp³-hybridized carbons (Fsp3) is 1.00. The van der Waals surface area contributed by atoms with Crippen molar-refractivity contribution in [3.8, 4) is 0 Å². The van der Waals surface area contributed by atoms with E-state index in [0.29, 0.717) is 0 Å². The first-order valence-electron chi connectivity index (χ1n) is 17.7. The SMILES string of the molecule is C.CC.CC.CCC(CC)CCC(CC)CC(C)C.CCCC(CCC)C(C)CC(C)C1CC2(CCC2)C1. The lowest BCUT2D eigenvalue weighted by Crippen LogP contribution is -2.45. The molecule has 0 radical (unpaired) electrons. The Hall–Kier alpha value is 0. The van der Waals surface area contributed by atoms with E-state index in [9.17, 15) is 0 Å². The molecular weight excluding hydrogens is 456 g/mol. The fourth-order valence-corrected chi connectivity index (χ4v) is 7.29. The van der Waals surface area contributed by atoms with Crippen molar-refractivity contribution in [2.24, 2.45) is 46.8 Å². The lowest BCUT2D eigenvalue weighted by molar-refractivity contribution is -0.0517. The fourth-order valence-electron chi connectivity index (χ4n) is 7.29. The molecule has 1 spiro atoms. The molecule has 0 bridgehead atoms. The Balaban J connectivity index is -0.000000577. The van der Waals surface area contributed by atoms with Crippen LogP contribution in [0, 0.1) is 46.8 Å². The van der Waals surface area contributed by atoms with Crippen LogP contribution in [0.3, 0.4) is 0 Å². The maximum atomic E-state index is 2.54. The summed E-state index contributed by atoms with van der Waals surface area (Å²) >= 11 is 0. The van der Waals surface area contributed by atoms with Crippen molar-refractivity contribution >= 4 is 0 Å². The maximum absolute atomic E-state index is 2.54. The number of hydrogen-bond donors (Lipinski definition) is 0. The van der Waals surface area contributed by atoms with Gasteiger partial charge in [-0.05, 0) is 85.4 Å². The summed E-state index contributed by atoms with van der Waals surface area (Å²) in [4.78, 5) is 0. The monoisotopic (exact) mass is 539 g/mol. The zero-order chi connectivity index (χ0) is 28.9. The van der Waals surface area contributed by atoms with Crippen LogP contribution in [0.2, 0.25) is 0 Å². The average molecular weight is 539 g/mol. The van der Waals surface area contributed by atoms with Gasteiger partial charge in [-0.1, -0.05) is 162 Å². The van der Waals surface area contributed by atoms with Gasteiger partial charge in [0.15, 0.2) is 0 Å². The Morgan fingerprint density at radius 3 is 1.42 bits per heavy atom. The Morgan fingerprint density at radius 2 is 1.08 bits per heavy atom. The van der Waals surface area contributed by atoms with Crippen molar-refractivity contribution in [2.75, 3.05) is 0 Å². The lowest BCUT2D eigenvalue weighted by Gasteiger charge is -2.56. The van der Waals surface area contributed by atoms with Gasteiger partial charge in [-0.2, -0.15) is 0 Å². The number of rotatable bonds is 16. The summed E-state index contributed by atoms with van der Waals surface area (Å²) in [5.74, 6) is 6.85. The van der Waals surface area contributed by atoms with Crippen molar-refractivity contribution in [3.63, 3.8) is 0 Å². The van der Waals surface area contributed by atoms with Gasteiger partial charge in [0.05, 0.1) is 0 Å². The molecule has 2 fully saturated rings. The zero-order valence-corrected chi connectivity index (χ0v) is 28.9. The van der Waals surface area contributed by atoms with Gasteiger partial charge < -0.3 is 0 Å². The second-order valence-corrected chi connectivity index (χ2v) is 13.2. The van der Waals surface area contributed by atoms with E-state index in [1.165, 1.54) is 77.0 Å². The highest BCUT2D eigenvalue weighted by molar-refractivity contribution is 5.00. The normalized spacial score (nSPS) is 18.0. The second-order valence-electron chi connectivity index (χ2n) is 13.2. The summed E-state index contributed by atoms with van der Waals surface area (Å²) in [6, 6.07) is 0. The summed E-state index contributed by atoms with van der Waals surface area (Å²) in [7, 11) is 0. The first-order chi connectivity index (χ1) is 17.7. The minimum atomic E-state index is 0. The topological polar surface area (TPSA) is 0 Å². The Morgan fingerprint density at radius 1 is 0.632 bits per heavy atom. The molecule has 0 heteroatoms. The van der Waals surface area contributed by atoms with Crippen LogP contribution in [0.1, 0.15) is 200 Å². The molecule has 3 unspecified atom stereocenters. The molecular formula is C38H82. The molecule has 0 aromatic rings. The Kier molecular flexibility index (Phi) is 29.0. The van der Waals surface area contributed by atoms with E-state index in [4.69, 9.17) is 0 Å². The van der Waals surface area contributed by atoms with E-state index in [2.05, 4.69) is 62.3 Å². The summed E-state index contributed by atoms with van der Waals surface area (Å²) in [5, 5.41) is 0. The first-order valence-corrected chi connectivity index (χ1v) is 17.7. The molecule has 0 aromatic heterocycles. The number of hydrogen-bond acceptors (Lipinski definition) is 0.